The fourth-order valence-corrected chi connectivity index (χ4v) is 4.07. The molecule has 0 saturated carbocycles. The lowest BCUT2D eigenvalue weighted by atomic mass is 9.75. The van der Waals surface area contributed by atoms with E-state index in [-0.39, 0.29) is 18.0 Å². The molecular weight excluding hydrogens is 238 g/mol. The van der Waals surface area contributed by atoms with Gasteiger partial charge in [-0.2, -0.15) is 0 Å². The maximum atomic E-state index is 12.3. The van der Waals surface area contributed by atoms with E-state index in [9.17, 15) is 4.79 Å². The van der Waals surface area contributed by atoms with Gasteiger partial charge in [-0.25, -0.2) is 0 Å². The molecule has 0 amide bonds. The fourth-order valence-electron chi connectivity index (χ4n) is 4.07. The Morgan fingerprint density at radius 1 is 1.11 bits per heavy atom. The molecule has 1 aromatic carbocycles. The third-order valence-corrected chi connectivity index (χ3v) is 5.10. The fraction of sp³-hybridized carbons (Fsp3) is 0.562. The van der Waals surface area contributed by atoms with E-state index >= 15 is 0 Å². The lowest BCUT2D eigenvalue weighted by Gasteiger charge is -2.53. The van der Waals surface area contributed by atoms with Crippen LogP contribution in [0.4, 0.5) is 0 Å². The van der Waals surface area contributed by atoms with Gasteiger partial charge in [0.05, 0.1) is 5.92 Å². The van der Waals surface area contributed by atoms with Gasteiger partial charge in [0.2, 0.25) is 0 Å². The van der Waals surface area contributed by atoms with Gasteiger partial charge in [0.1, 0.15) is 6.10 Å². The Balaban J connectivity index is 1.62. The van der Waals surface area contributed by atoms with Crippen molar-refractivity contribution in [2.45, 2.75) is 37.3 Å². The highest BCUT2D eigenvalue weighted by atomic mass is 16.5. The smallest absolute Gasteiger partial charge is 0.313 e. The Bertz CT molecular complexity index is 479. The van der Waals surface area contributed by atoms with Crippen molar-refractivity contribution in [1.29, 1.82) is 0 Å². The summed E-state index contributed by atoms with van der Waals surface area (Å²) in [5, 5.41) is 0. The first-order valence-corrected chi connectivity index (χ1v) is 7.32. The largest absolute Gasteiger partial charge is 0.460 e. The third-order valence-electron chi connectivity index (χ3n) is 5.10. The zero-order valence-electron chi connectivity index (χ0n) is 11.0. The molecular formula is C16H19NO2. The van der Waals surface area contributed by atoms with E-state index in [1.54, 1.807) is 0 Å². The molecule has 3 atom stereocenters. The molecule has 0 spiro atoms. The van der Waals surface area contributed by atoms with Crippen molar-refractivity contribution in [2.24, 2.45) is 5.92 Å². The van der Waals surface area contributed by atoms with Crippen molar-refractivity contribution in [3.05, 3.63) is 35.9 Å². The molecule has 0 N–H and O–H groups in total. The molecule has 5 rings (SSSR count). The van der Waals surface area contributed by atoms with E-state index in [2.05, 4.69) is 4.90 Å². The Kier molecular flexibility index (Phi) is 2.62. The minimum atomic E-state index is -0.0678. The van der Waals surface area contributed by atoms with Crippen LogP contribution in [-0.4, -0.2) is 36.1 Å². The molecule has 1 aromatic rings. The molecule has 0 radical (unpaired) electrons. The highest BCUT2D eigenvalue weighted by Gasteiger charge is 2.49. The first-order valence-electron chi connectivity index (χ1n) is 7.32. The van der Waals surface area contributed by atoms with Crippen molar-refractivity contribution >= 4 is 5.97 Å². The summed E-state index contributed by atoms with van der Waals surface area (Å²) < 4.78 is 5.81. The zero-order chi connectivity index (χ0) is 12.8. The summed E-state index contributed by atoms with van der Waals surface area (Å²) in [4.78, 5) is 14.8. The van der Waals surface area contributed by atoms with Gasteiger partial charge in [0.15, 0.2) is 0 Å². The molecule has 0 aliphatic carbocycles. The first kappa shape index (κ1) is 11.5. The highest BCUT2D eigenvalue weighted by molar-refractivity contribution is 5.79. The standard InChI is InChI=1S/C16H19NO2/c18-16-13(11-4-2-1-3-5-11)10-14-15(19-16)12-6-8-17(14)9-7-12/h1-5,12-15H,6-10H2. The Labute approximate surface area is 113 Å². The molecule has 3 nitrogen and oxygen atoms in total. The normalized spacial score (nSPS) is 40.6. The number of hydrogen-bond donors (Lipinski definition) is 0. The van der Waals surface area contributed by atoms with Crippen LogP contribution >= 0.6 is 0 Å². The SMILES string of the molecule is O=C1OC2C3CCN(CC3)C2CC1c1ccccc1. The van der Waals surface area contributed by atoms with Crippen LogP contribution in [0.2, 0.25) is 0 Å². The second kappa shape index (κ2) is 4.34. The van der Waals surface area contributed by atoms with E-state index in [1.165, 1.54) is 25.9 Å². The van der Waals surface area contributed by atoms with Crippen LogP contribution in [0.1, 0.15) is 30.7 Å². The van der Waals surface area contributed by atoms with Crippen molar-refractivity contribution < 1.29 is 9.53 Å². The molecule has 4 aliphatic rings. The van der Waals surface area contributed by atoms with Crippen molar-refractivity contribution in [2.75, 3.05) is 13.1 Å². The summed E-state index contributed by atoms with van der Waals surface area (Å²) in [6.45, 7) is 2.37. The topological polar surface area (TPSA) is 29.5 Å². The Hall–Kier alpha value is -1.35. The van der Waals surface area contributed by atoms with E-state index < -0.39 is 0 Å². The summed E-state index contributed by atoms with van der Waals surface area (Å²) in [6, 6.07) is 10.5. The number of carbonyl (C=O) groups excluding carboxylic acids is 1. The van der Waals surface area contributed by atoms with E-state index in [0.29, 0.717) is 12.0 Å². The van der Waals surface area contributed by atoms with Crippen LogP contribution in [0.15, 0.2) is 30.3 Å². The molecule has 2 bridgehead atoms. The number of hydrogen-bond acceptors (Lipinski definition) is 3. The maximum absolute atomic E-state index is 12.3. The number of benzene rings is 1. The lowest BCUT2D eigenvalue weighted by Crippen LogP contribution is -2.61. The van der Waals surface area contributed by atoms with Crippen LogP contribution in [-0.2, 0) is 9.53 Å². The molecule has 4 saturated heterocycles. The van der Waals surface area contributed by atoms with E-state index in [4.69, 9.17) is 4.74 Å². The van der Waals surface area contributed by atoms with Crippen LogP contribution in [0.3, 0.4) is 0 Å². The maximum Gasteiger partial charge on any atom is 0.313 e. The molecule has 3 heteroatoms. The van der Waals surface area contributed by atoms with Crippen LogP contribution in [0, 0.1) is 5.92 Å². The summed E-state index contributed by atoms with van der Waals surface area (Å²) in [5.74, 6) is 0.527. The molecule has 4 heterocycles. The van der Waals surface area contributed by atoms with Crippen molar-refractivity contribution in [3.8, 4) is 0 Å². The third kappa shape index (κ3) is 1.79. The number of esters is 1. The van der Waals surface area contributed by atoms with Crippen molar-refractivity contribution in [1.82, 2.24) is 4.90 Å². The zero-order valence-corrected chi connectivity index (χ0v) is 11.0. The van der Waals surface area contributed by atoms with Crippen LogP contribution < -0.4 is 0 Å². The summed E-state index contributed by atoms with van der Waals surface area (Å²) >= 11 is 0. The van der Waals surface area contributed by atoms with Gasteiger partial charge in [-0.05, 0) is 43.8 Å². The van der Waals surface area contributed by atoms with Gasteiger partial charge >= 0.3 is 5.97 Å². The number of ether oxygens (including phenoxy) is 1. The minimum absolute atomic E-state index is 0.0128. The monoisotopic (exact) mass is 257 g/mol. The Morgan fingerprint density at radius 2 is 1.84 bits per heavy atom. The van der Waals surface area contributed by atoms with Crippen molar-refractivity contribution in [3.63, 3.8) is 0 Å². The quantitative estimate of drug-likeness (QED) is 0.722. The van der Waals surface area contributed by atoms with Gasteiger partial charge in [0.25, 0.3) is 0 Å². The van der Waals surface area contributed by atoms with E-state index in [0.717, 1.165) is 12.0 Å². The number of rotatable bonds is 1. The molecule has 19 heavy (non-hydrogen) atoms. The van der Waals surface area contributed by atoms with Gasteiger partial charge in [-0.15, -0.1) is 0 Å². The lowest BCUT2D eigenvalue weighted by molar-refractivity contribution is -0.180. The van der Waals surface area contributed by atoms with Gasteiger partial charge in [-0.1, -0.05) is 30.3 Å². The highest BCUT2D eigenvalue weighted by Crippen LogP contribution is 2.42. The Morgan fingerprint density at radius 3 is 2.58 bits per heavy atom. The molecule has 0 aromatic heterocycles. The summed E-state index contributed by atoms with van der Waals surface area (Å²) in [7, 11) is 0. The van der Waals surface area contributed by atoms with Gasteiger partial charge < -0.3 is 4.74 Å². The minimum Gasteiger partial charge on any atom is -0.460 e. The first-order chi connectivity index (χ1) is 9.33. The van der Waals surface area contributed by atoms with Crippen LogP contribution in [0.25, 0.3) is 0 Å². The summed E-state index contributed by atoms with van der Waals surface area (Å²) in [5.41, 5.74) is 1.11. The predicted molar refractivity (Wildman–Crippen MR) is 71.8 cm³/mol. The molecule has 100 valence electrons. The summed E-state index contributed by atoms with van der Waals surface area (Å²) in [6.07, 6.45) is 3.49. The van der Waals surface area contributed by atoms with E-state index in [1.807, 2.05) is 30.3 Å². The van der Waals surface area contributed by atoms with Gasteiger partial charge in [0, 0.05) is 6.04 Å². The average Bonchev–Trinajstić information content (AvgIpc) is 2.48. The molecule has 4 fully saturated rings. The average molecular weight is 257 g/mol. The molecule has 4 aliphatic heterocycles. The second-order valence-electron chi connectivity index (χ2n) is 6.04. The molecule has 3 unspecified atom stereocenters. The second-order valence-corrected chi connectivity index (χ2v) is 6.04. The number of fused-ring (bicyclic) bond motifs is 2. The number of carbonyl (C=O) groups is 1. The van der Waals surface area contributed by atoms with Gasteiger partial charge in [-0.3, -0.25) is 9.69 Å². The van der Waals surface area contributed by atoms with Crippen LogP contribution in [0.5, 0.6) is 0 Å². The number of nitrogens with zero attached hydrogens (tertiary/aromatic N) is 1. The predicted octanol–water partition coefficient (Wildman–Crippen LogP) is 2.18. The number of piperidine rings is 3.